The Morgan fingerprint density at radius 2 is 1.84 bits per heavy atom. The number of imidazole rings is 1. The Bertz CT molecular complexity index is 1620. The lowest BCUT2D eigenvalue weighted by Gasteiger charge is -2.37. The first kappa shape index (κ1) is 29.0. The van der Waals surface area contributed by atoms with Crippen LogP contribution in [0.3, 0.4) is 0 Å². The van der Waals surface area contributed by atoms with Crippen LogP contribution in [0, 0.1) is 22.9 Å². The third kappa shape index (κ3) is 5.67. The summed E-state index contributed by atoms with van der Waals surface area (Å²) < 4.78 is 23.9. The first-order valence-electron chi connectivity index (χ1n) is 14.4. The molecule has 230 valence electrons. The van der Waals surface area contributed by atoms with Crippen LogP contribution in [-0.4, -0.2) is 105 Å². The molecule has 2 N–H and O–H groups in total. The van der Waals surface area contributed by atoms with Gasteiger partial charge in [-0.25, -0.2) is 13.8 Å². The lowest BCUT2D eigenvalue weighted by atomic mass is 10.1. The van der Waals surface area contributed by atoms with E-state index in [1.165, 1.54) is 10.8 Å². The van der Waals surface area contributed by atoms with Gasteiger partial charge in [-0.3, -0.25) is 9.69 Å². The Kier molecular flexibility index (Phi) is 7.79. The molecule has 14 nitrogen and oxygen atoms in total. The number of nitro groups is 1. The Morgan fingerprint density at radius 1 is 1.14 bits per heavy atom. The molecule has 1 aliphatic carbocycles. The fourth-order valence-corrected chi connectivity index (χ4v) is 6.07. The molecule has 2 aromatic heterocycles. The number of nitrogens with zero attached hydrogens (tertiary/aromatic N) is 7. The van der Waals surface area contributed by atoms with Crippen LogP contribution in [0.1, 0.15) is 35.1 Å². The first-order valence-corrected chi connectivity index (χ1v) is 14.4. The van der Waals surface area contributed by atoms with E-state index in [1.54, 1.807) is 17.6 Å². The van der Waals surface area contributed by atoms with Crippen molar-refractivity contribution in [3.05, 3.63) is 55.9 Å². The van der Waals surface area contributed by atoms with Crippen molar-refractivity contribution >= 4 is 34.2 Å². The van der Waals surface area contributed by atoms with E-state index in [1.807, 2.05) is 14.7 Å². The molecular formula is C28H34FN7O7. The number of aliphatic hydroxyl groups excluding tert-OH is 1. The molecule has 43 heavy (non-hydrogen) atoms. The van der Waals surface area contributed by atoms with E-state index < -0.39 is 28.2 Å². The first-order chi connectivity index (χ1) is 20.6. The molecule has 15 heteroatoms. The van der Waals surface area contributed by atoms with Gasteiger partial charge in [-0.05, 0) is 29.9 Å². The van der Waals surface area contributed by atoms with Gasteiger partial charge in [-0.2, -0.15) is 4.98 Å². The number of pyridine rings is 1. The molecule has 0 radical (unpaired) electrons. The molecule has 0 amide bonds. The monoisotopic (exact) mass is 599 g/mol. The van der Waals surface area contributed by atoms with Gasteiger partial charge in [-0.1, -0.05) is 0 Å². The number of aryl methyl sites for hydroxylation is 1. The summed E-state index contributed by atoms with van der Waals surface area (Å²) in [5.41, 5.74) is -0.216. The van der Waals surface area contributed by atoms with Crippen molar-refractivity contribution in [1.82, 2.24) is 19.0 Å². The maximum atomic E-state index is 15.3. The molecule has 6 rings (SSSR count). The number of aromatic nitrogens is 3. The third-order valence-corrected chi connectivity index (χ3v) is 8.44. The fourth-order valence-electron chi connectivity index (χ4n) is 6.07. The number of aliphatic hydroxyl groups is 1. The molecule has 0 bridgehead atoms. The van der Waals surface area contributed by atoms with E-state index in [4.69, 9.17) is 4.74 Å². The Balaban J connectivity index is 1.14. The number of halogens is 1. The number of rotatable bonds is 9. The molecule has 3 aromatic rings. The summed E-state index contributed by atoms with van der Waals surface area (Å²) in [6.45, 7) is 5.87. The number of piperazine rings is 1. The molecule has 2 saturated heterocycles. The summed E-state index contributed by atoms with van der Waals surface area (Å²) in [7, 11) is 0. The number of hydrogen-bond donors (Lipinski definition) is 2. The van der Waals surface area contributed by atoms with E-state index in [2.05, 4.69) is 4.98 Å². The highest BCUT2D eigenvalue weighted by Gasteiger charge is 2.33. The highest BCUT2D eigenvalue weighted by Crippen LogP contribution is 2.38. The molecule has 1 saturated carbocycles. The quantitative estimate of drug-likeness (QED) is 0.272. The summed E-state index contributed by atoms with van der Waals surface area (Å²) in [5, 5.41) is 32.5. The van der Waals surface area contributed by atoms with Crippen LogP contribution in [0.5, 0.6) is 0 Å². The van der Waals surface area contributed by atoms with E-state index in [-0.39, 0.29) is 41.7 Å². The molecule has 4 heterocycles. The zero-order chi connectivity index (χ0) is 30.4. The van der Waals surface area contributed by atoms with Gasteiger partial charge < -0.3 is 39.4 Å². The number of β-amino-alcohol motifs (C(OH)–C–C–N with tert-alkyl or cyclic N) is 1. The van der Waals surface area contributed by atoms with Gasteiger partial charge in [0.2, 0.25) is 11.2 Å². The van der Waals surface area contributed by atoms with Crippen LogP contribution in [0.25, 0.3) is 10.9 Å². The van der Waals surface area contributed by atoms with Gasteiger partial charge in [0, 0.05) is 70.4 Å². The van der Waals surface area contributed by atoms with Crippen LogP contribution in [-0.2, 0) is 11.3 Å². The summed E-state index contributed by atoms with van der Waals surface area (Å²) >= 11 is 0. The lowest BCUT2D eigenvalue weighted by Crippen LogP contribution is -2.49. The number of carboxylic acids is 1. The number of hydrogen-bond acceptors (Lipinski definition) is 10. The van der Waals surface area contributed by atoms with E-state index in [9.17, 15) is 29.9 Å². The molecule has 0 spiro atoms. The van der Waals surface area contributed by atoms with Gasteiger partial charge in [0.25, 0.3) is 0 Å². The van der Waals surface area contributed by atoms with E-state index in [0.29, 0.717) is 69.5 Å². The van der Waals surface area contributed by atoms with Crippen molar-refractivity contribution in [3.63, 3.8) is 0 Å². The maximum Gasteiger partial charge on any atom is 0.367 e. The molecule has 1 atom stereocenters. The van der Waals surface area contributed by atoms with Gasteiger partial charge in [-0.15, -0.1) is 0 Å². The van der Waals surface area contributed by atoms with Crippen molar-refractivity contribution in [3.8, 4) is 0 Å². The molecular weight excluding hydrogens is 565 g/mol. The van der Waals surface area contributed by atoms with Gasteiger partial charge >= 0.3 is 11.8 Å². The number of benzene rings is 1. The molecule has 3 aliphatic rings. The van der Waals surface area contributed by atoms with Crippen LogP contribution < -0.4 is 15.2 Å². The fraction of sp³-hybridized carbons (Fsp3) is 0.536. The summed E-state index contributed by atoms with van der Waals surface area (Å²) in [6.07, 6.45) is 2.19. The van der Waals surface area contributed by atoms with Crippen LogP contribution in [0.2, 0.25) is 0 Å². The minimum Gasteiger partial charge on any atom is -0.477 e. The Hall–Kier alpha value is -4.08. The van der Waals surface area contributed by atoms with Crippen LogP contribution in [0.4, 0.5) is 21.7 Å². The minimum absolute atomic E-state index is 0.00995. The highest BCUT2D eigenvalue weighted by molar-refractivity contribution is 5.93. The normalized spacial score (nSPS) is 18.8. The second-order valence-corrected chi connectivity index (χ2v) is 11.4. The smallest absolute Gasteiger partial charge is 0.367 e. The largest absolute Gasteiger partial charge is 0.477 e. The Labute approximate surface area is 245 Å². The van der Waals surface area contributed by atoms with Crippen molar-refractivity contribution < 1.29 is 29.1 Å². The molecule has 2 aliphatic heterocycles. The SMILES string of the molecule is Cc1nc(N2CCOCC2)c([N+](=O)[O-])n1CC(O)CN1CCN(c2cc3c(cc2F)c(=O)c(C(=O)O)cn3C2CC2)CC1. The van der Waals surface area contributed by atoms with Gasteiger partial charge in [0.15, 0.2) is 5.82 Å². The average molecular weight is 600 g/mol. The zero-order valence-corrected chi connectivity index (χ0v) is 23.8. The van der Waals surface area contributed by atoms with Crippen LogP contribution in [0.15, 0.2) is 23.1 Å². The third-order valence-electron chi connectivity index (χ3n) is 8.44. The summed E-state index contributed by atoms with van der Waals surface area (Å²) in [4.78, 5) is 46.1. The second-order valence-electron chi connectivity index (χ2n) is 11.4. The van der Waals surface area contributed by atoms with Crippen molar-refractivity contribution in [2.45, 2.75) is 38.5 Å². The summed E-state index contributed by atoms with van der Waals surface area (Å²) in [5.74, 6) is -1.34. The van der Waals surface area contributed by atoms with Gasteiger partial charge in [0.05, 0.1) is 24.4 Å². The topological polar surface area (TPSA) is 159 Å². The summed E-state index contributed by atoms with van der Waals surface area (Å²) in [6, 6.07) is 2.85. The average Bonchev–Trinajstić information content (AvgIpc) is 3.77. The number of morpholine rings is 1. The number of anilines is 2. The standard InChI is InChI=1S/C28H34FN7O7/c1-17-30-26(33-8-10-43-11-9-33)27(36(41)42)34(17)15-19(37)14-31-4-6-32(7-5-31)24-13-23-20(12-22(24)29)25(38)21(28(39)40)16-35(23)18-2-3-18/h12-13,16,18-19,37H,2-11,14-15H2,1H3,(H,39,40). The molecule has 1 aromatic carbocycles. The predicted octanol–water partition coefficient (Wildman–Crippen LogP) is 1.61. The van der Waals surface area contributed by atoms with E-state index in [0.717, 1.165) is 18.9 Å². The number of aromatic carboxylic acids is 1. The van der Waals surface area contributed by atoms with Crippen molar-refractivity contribution in [1.29, 1.82) is 0 Å². The highest BCUT2D eigenvalue weighted by atomic mass is 19.1. The van der Waals surface area contributed by atoms with Crippen molar-refractivity contribution in [2.75, 3.05) is 68.8 Å². The second kappa shape index (κ2) is 11.5. The minimum atomic E-state index is -1.33. The lowest BCUT2D eigenvalue weighted by molar-refractivity contribution is -0.391. The van der Waals surface area contributed by atoms with Gasteiger partial charge in [0.1, 0.15) is 24.0 Å². The zero-order valence-electron chi connectivity index (χ0n) is 23.8. The van der Waals surface area contributed by atoms with Crippen LogP contribution >= 0.6 is 0 Å². The van der Waals surface area contributed by atoms with Crippen molar-refractivity contribution in [2.24, 2.45) is 0 Å². The predicted molar refractivity (Wildman–Crippen MR) is 155 cm³/mol. The number of carboxylic acid groups (broad SMARTS) is 1. The maximum absolute atomic E-state index is 15.3. The van der Waals surface area contributed by atoms with E-state index >= 15 is 4.39 Å². The number of fused-ring (bicyclic) bond motifs is 1. The molecule has 1 unspecified atom stereocenters. The molecule has 3 fully saturated rings. The number of carbonyl (C=O) groups is 1. The Morgan fingerprint density at radius 3 is 2.47 bits per heavy atom. The number of ether oxygens (including phenoxy) is 1.